The fourth-order valence-corrected chi connectivity index (χ4v) is 5.46. The second-order valence-corrected chi connectivity index (χ2v) is 10.7. The predicted octanol–water partition coefficient (Wildman–Crippen LogP) is 4.98. The van der Waals surface area contributed by atoms with E-state index in [4.69, 9.17) is 11.6 Å². The van der Waals surface area contributed by atoms with E-state index >= 15 is 4.39 Å². The highest BCUT2D eigenvalue weighted by Crippen LogP contribution is 2.54. The van der Waals surface area contributed by atoms with E-state index in [0.29, 0.717) is 30.6 Å². The molecule has 8 heteroatoms. The Kier molecular flexibility index (Phi) is 5.78. The number of carbonyl (C=O) groups excluding carboxylic acids is 2. The molecule has 2 aromatic rings. The van der Waals surface area contributed by atoms with Crippen molar-refractivity contribution in [2.24, 2.45) is 5.41 Å². The average molecular weight is 476 g/mol. The first-order chi connectivity index (χ1) is 15.4. The third kappa shape index (κ3) is 3.71. The van der Waals surface area contributed by atoms with Crippen LogP contribution in [0.3, 0.4) is 0 Å². The van der Waals surface area contributed by atoms with Gasteiger partial charge in [-0.3, -0.25) is 9.59 Å². The number of benzene rings is 2. The first-order valence-electron chi connectivity index (χ1n) is 11.0. The maximum absolute atomic E-state index is 15.2. The molecule has 0 saturated carbocycles. The van der Waals surface area contributed by atoms with Gasteiger partial charge in [0.25, 0.3) is 5.91 Å². The number of hydrogen-bond acceptors (Lipinski definition) is 3. The van der Waals surface area contributed by atoms with E-state index in [1.165, 1.54) is 17.0 Å². The van der Waals surface area contributed by atoms with Gasteiger partial charge in [0.15, 0.2) is 11.6 Å². The Balaban J connectivity index is 2.11. The van der Waals surface area contributed by atoms with Crippen molar-refractivity contribution in [3.8, 4) is 11.1 Å². The molecular formula is C25H28ClF2N3O2. The van der Waals surface area contributed by atoms with E-state index in [-0.39, 0.29) is 39.1 Å². The maximum atomic E-state index is 15.2. The maximum Gasteiger partial charge on any atom is 0.255 e. The molecule has 1 fully saturated rings. The van der Waals surface area contributed by atoms with Gasteiger partial charge in [0.05, 0.1) is 16.0 Å². The molecule has 0 aromatic heterocycles. The molecule has 0 aliphatic carbocycles. The van der Waals surface area contributed by atoms with E-state index in [2.05, 4.69) is 31.4 Å². The van der Waals surface area contributed by atoms with Crippen molar-refractivity contribution in [3.05, 3.63) is 52.0 Å². The predicted molar refractivity (Wildman–Crippen MR) is 126 cm³/mol. The van der Waals surface area contributed by atoms with Gasteiger partial charge in [-0.15, -0.1) is 0 Å². The Morgan fingerprint density at radius 2 is 1.97 bits per heavy atom. The zero-order valence-electron chi connectivity index (χ0n) is 19.4. The van der Waals surface area contributed by atoms with Crippen LogP contribution in [0, 0.1) is 17.0 Å². The minimum atomic E-state index is -1.08. The number of nitrogens with zero attached hydrogens (tertiary/aromatic N) is 1. The van der Waals surface area contributed by atoms with Gasteiger partial charge in [0.2, 0.25) is 5.91 Å². The highest BCUT2D eigenvalue weighted by Gasteiger charge is 2.57. The molecular weight excluding hydrogens is 448 g/mol. The fourth-order valence-electron chi connectivity index (χ4n) is 5.18. The third-order valence-electron chi connectivity index (χ3n) is 6.54. The van der Waals surface area contributed by atoms with Crippen LogP contribution in [0.15, 0.2) is 24.3 Å². The molecule has 0 radical (unpaired) electrons. The van der Waals surface area contributed by atoms with Gasteiger partial charge in [-0.05, 0) is 36.9 Å². The number of anilines is 1. The summed E-state index contributed by atoms with van der Waals surface area (Å²) in [6.45, 7) is 6.84. The zero-order valence-corrected chi connectivity index (χ0v) is 20.2. The second-order valence-electron chi connectivity index (χ2n) is 10.3. The zero-order chi connectivity index (χ0) is 24.3. The molecule has 2 heterocycles. The van der Waals surface area contributed by atoms with Crippen molar-refractivity contribution in [2.75, 3.05) is 26.0 Å². The van der Waals surface area contributed by atoms with Gasteiger partial charge >= 0.3 is 0 Å². The molecule has 2 aliphatic heterocycles. The first-order valence-corrected chi connectivity index (χ1v) is 11.3. The van der Waals surface area contributed by atoms with Crippen molar-refractivity contribution in [1.29, 1.82) is 0 Å². The summed E-state index contributed by atoms with van der Waals surface area (Å²) in [5.41, 5.74) is -0.0559. The summed E-state index contributed by atoms with van der Waals surface area (Å²) < 4.78 is 29.6. The number of amides is 2. The molecule has 5 nitrogen and oxygen atoms in total. The molecule has 2 amide bonds. The lowest BCUT2D eigenvalue weighted by molar-refractivity contribution is -0.121. The highest BCUT2D eigenvalue weighted by molar-refractivity contribution is 6.35. The van der Waals surface area contributed by atoms with E-state index in [1.54, 1.807) is 20.2 Å². The van der Waals surface area contributed by atoms with E-state index < -0.39 is 23.0 Å². The largest absolute Gasteiger partial charge is 0.345 e. The number of nitrogens with one attached hydrogen (secondary N) is 2. The molecule has 0 unspecified atom stereocenters. The summed E-state index contributed by atoms with van der Waals surface area (Å²) in [6.07, 6.45) is 1.14. The quantitative estimate of drug-likeness (QED) is 0.658. The Hall–Kier alpha value is -2.51. The number of rotatable bonds is 3. The van der Waals surface area contributed by atoms with Crippen LogP contribution in [0.5, 0.6) is 0 Å². The number of halogens is 3. The molecule has 4 rings (SSSR count). The molecule has 2 aliphatic rings. The average Bonchev–Trinajstić information content (AvgIpc) is 3.23. The summed E-state index contributed by atoms with van der Waals surface area (Å²) >= 11 is 6.55. The van der Waals surface area contributed by atoms with E-state index in [0.717, 1.165) is 6.07 Å². The van der Waals surface area contributed by atoms with Gasteiger partial charge in [-0.25, -0.2) is 8.78 Å². The molecule has 2 N–H and O–H groups in total. The Labute approximate surface area is 197 Å². The molecule has 1 saturated heterocycles. The Morgan fingerprint density at radius 1 is 1.27 bits per heavy atom. The number of fused-ring (bicyclic) bond motifs is 2. The van der Waals surface area contributed by atoms with Gasteiger partial charge in [0.1, 0.15) is 0 Å². The summed E-state index contributed by atoms with van der Waals surface area (Å²) in [5.74, 6) is -2.79. The van der Waals surface area contributed by atoms with Crippen molar-refractivity contribution in [1.82, 2.24) is 10.2 Å². The van der Waals surface area contributed by atoms with Crippen LogP contribution in [-0.4, -0.2) is 43.4 Å². The van der Waals surface area contributed by atoms with Gasteiger partial charge in [0, 0.05) is 42.5 Å². The van der Waals surface area contributed by atoms with Gasteiger partial charge < -0.3 is 15.5 Å². The lowest BCUT2D eigenvalue weighted by Crippen LogP contribution is -2.47. The van der Waals surface area contributed by atoms with Crippen molar-refractivity contribution in [2.45, 2.75) is 45.1 Å². The second kappa shape index (κ2) is 8.06. The Morgan fingerprint density at radius 3 is 2.61 bits per heavy atom. The van der Waals surface area contributed by atoms with Crippen LogP contribution < -0.4 is 10.6 Å². The smallest absolute Gasteiger partial charge is 0.255 e. The van der Waals surface area contributed by atoms with Gasteiger partial charge in [-0.1, -0.05) is 44.5 Å². The fraction of sp³-hybridized carbons (Fsp3) is 0.440. The van der Waals surface area contributed by atoms with Crippen LogP contribution in [-0.2, 0) is 10.2 Å². The minimum absolute atomic E-state index is 0.0576. The van der Waals surface area contributed by atoms with Crippen LogP contribution in [0.1, 0.15) is 49.5 Å². The van der Waals surface area contributed by atoms with Crippen LogP contribution in [0.2, 0.25) is 5.02 Å². The number of carbonyl (C=O) groups is 2. The summed E-state index contributed by atoms with van der Waals surface area (Å²) in [5, 5.41) is 6.44. The van der Waals surface area contributed by atoms with Gasteiger partial charge in [-0.2, -0.15) is 0 Å². The number of hydrogen-bond donors (Lipinski definition) is 2. The normalized spacial score (nSPS) is 21.9. The molecule has 2 atom stereocenters. The standard InChI is InChI=1S/C25H28ClF2N3O2/c1-24(2,3)12-17-25(9-10-29-17)20-16(30-23(25)33)11-14(26)19(22(32)31(4)5)18(20)13-7-6-8-15(27)21(13)28/h6-8,11,17,29H,9-10,12H2,1-5H3,(H,30,33)/t17-,25-/m1/s1. The molecule has 33 heavy (non-hydrogen) atoms. The van der Waals surface area contributed by atoms with Crippen molar-refractivity contribution in [3.63, 3.8) is 0 Å². The molecule has 1 spiro atoms. The lowest BCUT2D eigenvalue weighted by atomic mass is 9.68. The minimum Gasteiger partial charge on any atom is -0.345 e. The molecule has 176 valence electrons. The first kappa shape index (κ1) is 23.6. The third-order valence-corrected chi connectivity index (χ3v) is 6.84. The monoisotopic (exact) mass is 475 g/mol. The van der Waals surface area contributed by atoms with E-state index in [1.807, 2.05) is 0 Å². The van der Waals surface area contributed by atoms with Crippen LogP contribution in [0.25, 0.3) is 11.1 Å². The molecule has 0 bridgehead atoms. The summed E-state index contributed by atoms with van der Waals surface area (Å²) in [7, 11) is 3.13. The molecule has 2 aromatic carbocycles. The topological polar surface area (TPSA) is 61.4 Å². The Bertz CT molecular complexity index is 1160. The van der Waals surface area contributed by atoms with Crippen LogP contribution in [0.4, 0.5) is 14.5 Å². The lowest BCUT2D eigenvalue weighted by Gasteiger charge is -2.35. The highest BCUT2D eigenvalue weighted by atomic mass is 35.5. The summed E-state index contributed by atoms with van der Waals surface area (Å²) in [6, 6.07) is 5.14. The van der Waals surface area contributed by atoms with Crippen molar-refractivity contribution >= 4 is 29.1 Å². The SMILES string of the molecule is CN(C)C(=O)c1c(Cl)cc2c(c1-c1cccc(F)c1F)[C@]1(CCN[C@@H]1CC(C)(C)C)C(=O)N2. The van der Waals surface area contributed by atoms with E-state index in [9.17, 15) is 14.0 Å². The van der Waals surface area contributed by atoms with Crippen molar-refractivity contribution < 1.29 is 18.4 Å². The van der Waals surface area contributed by atoms with Crippen LogP contribution >= 0.6 is 11.6 Å². The summed E-state index contributed by atoms with van der Waals surface area (Å²) in [4.78, 5) is 28.1.